The molecule has 3 heteroatoms. The van der Waals surface area contributed by atoms with E-state index in [4.69, 9.17) is 5.11 Å². The van der Waals surface area contributed by atoms with Crippen LogP contribution in [0.4, 0.5) is 5.69 Å². The molecule has 0 atom stereocenters. The van der Waals surface area contributed by atoms with Gasteiger partial charge in [-0.25, -0.2) is 0 Å². The van der Waals surface area contributed by atoms with Gasteiger partial charge in [-0.2, -0.15) is 0 Å². The van der Waals surface area contributed by atoms with E-state index in [0.29, 0.717) is 6.61 Å². The molecule has 0 heterocycles. The van der Waals surface area contributed by atoms with Gasteiger partial charge in [-0.15, -0.1) is 0 Å². The van der Waals surface area contributed by atoms with Crippen molar-refractivity contribution in [3.8, 4) is 0 Å². The molecule has 114 valence electrons. The molecule has 0 aromatic heterocycles. The first-order chi connectivity index (χ1) is 9.81. The van der Waals surface area contributed by atoms with Crippen molar-refractivity contribution in [2.45, 2.75) is 46.1 Å². The normalized spacial score (nSPS) is 10.8. The molecule has 2 N–H and O–H groups in total. The van der Waals surface area contributed by atoms with Crippen molar-refractivity contribution >= 4 is 5.69 Å². The topological polar surface area (TPSA) is 35.5 Å². The standard InChI is InChI=1S/C17H30N2O/c1-3-19(4-2)17-11-9-16(10-12-17)15-18-13-7-5-6-8-14-20/h9-12,18,20H,3-8,13-15H2,1-2H3. The number of hydrogen-bond donors (Lipinski definition) is 2. The summed E-state index contributed by atoms with van der Waals surface area (Å²) in [6.45, 7) is 8.82. The molecule has 0 bridgehead atoms. The average Bonchev–Trinajstić information content (AvgIpc) is 2.49. The number of nitrogens with one attached hydrogen (secondary N) is 1. The molecule has 3 nitrogen and oxygen atoms in total. The van der Waals surface area contributed by atoms with Crippen LogP contribution in [0.15, 0.2) is 24.3 Å². The van der Waals surface area contributed by atoms with Gasteiger partial charge < -0.3 is 15.3 Å². The van der Waals surface area contributed by atoms with E-state index in [1.807, 2.05) is 0 Å². The lowest BCUT2D eigenvalue weighted by Gasteiger charge is -2.21. The van der Waals surface area contributed by atoms with E-state index in [-0.39, 0.29) is 0 Å². The molecule has 0 saturated carbocycles. The smallest absolute Gasteiger partial charge is 0.0431 e. The van der Waals surface area contributed by atoms with E-state index >= 15 is 0 Å². The Labute approximate surface area is 124 Å². The van der Waals surface area contributed by atoms with Gasteiger partial charge in [0.2, 0.25) is 0 Å². The third kappa shape index (κ3) is 6.40. The van der Waals surface area contributed by atoms with Crippen molar-refractivity contribution in [2.75, 3.05) is 31.1 Å². The summed E-state index contributed by atoms with van der Waals surface area (Å²) in [7, 11) is 0. The van der Waals surface area contributed by atoms with Gasteiger partial charge in [0.05, 0.1) is 0 Å². The van der Waals surface area contributed by atoms with E-state index in [1.165, 1.54) is 24.1 Å². The maximum Gasteiger partial charge on any atom is 0.0431 e. The molecular weight excluding hydrogens is 248 g/mol. The van der Waals surface area contributed by atoms with Crippen LogP contribution in [0.1, 0.15) is 45.1 Å². The number of hydrogen-bond acceptors (Lipinski definition) is 3. The minimum Gasteiger partial charge on any atom is -0.396 e. The third-order valence-electron chi connectivity index (χ3n) is 3.66. The summed E-state index contributed by atoms with van der Waals surface area (Å²) < 4.78 is 0. The Morgan fingerprint density at radius 1 is 0.950 bits per heavy atom. The highest BCUT2D eigenvalue weighted by atomic mass is 16.2. The summed E-state index contributed by atoms with van der Waals surface area (Å²) >= 11 is 0. The van der Waals surface area contributed by atoms with E-state index in [0.717, 1.165) is 39.0 Å². The first-order valence-corrected chi connectivity index (χ1v) is 7.97. The van der Waals surface area contributed by atoms with Crippen LogP contribution in [-0.4, -0.2) is 31.3 Å². The number of benzene rings is 1. The van der Waals surface area contributed by atoms with Gasteiger partial charge in [-0.1, -0.05) is 25.0 Å². The zero-order valence-electron chi connectivity index (χ0n) is 13.1. The van der Waals surface area contributed by atoms with Gasteiger partial charge in [-0.3, -0.25) is 0 Å². The van der Waals surface area contributed by atoms with E-state index in [9.17, 15) is 0 Å². The van der Waals surface area contributed by atoms with E-state index in [1.54, 1.807) is 0 Å². The second-order valence-electron chi connectivity index (χ2n) is 5.15. The molecule has 20 heavy (non-hydrogen) atoms. The number of anilines is 1. The highest BCUT2D eigenvalue weighted by Gasteiger charge is 2.01. The Morgan fingerprint density at radius 2 is 1.60 bits per heavy atom. The number of rotatable bonds is 11. The van der Waals surface area contributed by atoms with Gasteiger partial charge in [-0.05, 0) is 50.9 Å². The predicted octanol–water partition coefficient (Wildman–Crippen LogP) is 3.18. The number of aliphatic hydroxyl groups is 1. The molecule has 1 rings (SSSR count). The SMILES string of the molecule is CCN(CC)c1ccc(CNCCCCCCO)cc1. The summed E-state index contributed by atoms with van der Waals surface area (Å²) in [5.41, 5.74) is 2.65. The largest absolute Gasteiger partial charge is 0.396 e. The number of aliphatic hydroxyl groups excluding tert-OH is 1. The minimum atomic E-state index is 0.326. The van der Waals surface area contributed by atoms with Crippen molar-refractivity contribution in [3.05, 3.63) is 29.8 Å². The Balaban J connectivity index is 2.21. The molecule has 1 aromatic rings. The first kappa shape index (κ1) is 17.0. The van der Waals surface area contributed by atoms with Gasteiger partial charge in [0.15, 0.2) is 0 Å². The molecule has 0 saturated heterocycles. The first-order valence-electron chi connectivity index (χ1n) is 7.97. The van der Waals surface area contributed by atoms with Crippen LogP contribution < -0.4 is 10.2 Å². The second kappa shape index (κ2) is 10.7. The van der Waals surface area contributed by atoms with Crippen LogP contribution in [0.5, 0.6) is 0 Å². The van der Waals surface area contributed by atoms with Crippen molar-refractivity contribution in [1.82, 2.24) is 5.32 Å². The molecule has 0 aliphatic rings. The number of unbranched alkanes of at least 4 members (excludes halogenated alkanes) is 3. The monoisotopic (exact) mass is 278 g/mol. The Hall–Kier alpha value is -1.06. The zero-order chi connectivity index (χ0) is 14.6. The fraction of sp³-hybridized carbons (Fsp3) is 0.647. The maximum atomic E-state index is 8.70. The molecule has 0 aliphatic carbocycles. The quantitative estimate of drug-likeness (QED) is 0.610. The van der Waals surface area contributed by atoms with Crippen molar-refractivity contribution in [2.24, 2.45) is 0 Å². The lowest BCUT2D eigenvalue weighted by molar-refractivity contribution is 0.282. The lowest BCUT2D eigenvalue weighted by Crippen LogP contribution is -2.21. The Bertz CT molecular complexity index is 333. The van der Waals surface area contributed by atoms with E-state index in [2.05, 4.69) is 48.3 Å². The summed E-state index contributed by atoms with van der Waals surface area (Å²) in [5.74, 6) is 0. The molecule has 0 radical (unpaired) electrons. The van der Waals surface area contributed by atoms with Gasteiger partial charge in [0.25, 0.3) is 0 Å². The van der Waals surface area contributed by atoms with Crippen LogP contribution in [-0.2, 0) is 6.54 Å². The summed E-state index contributed by atoms with van der Waals surface area (Å²) in [6, 6.07) is 8.86. The molecule has 0 fully saturated rings. The van der Waals surface area contributed by atoms with Crippen molar-refractivity contribution < 1.29 is 5.11 Å². The summed E-state index contributed by atoms with van der Waals surface area (Å²) in [6.07, 6.45) is 4.47. The van der Waals surface area contributed by atoms with Gasteiger partial charge in [0.1, 0.15) is 0 Å². The summed E-state index contributed by atoms with van der Waals surface area (Å²) in [5, 5.41) is 12.2. The molecule has 0 amide bonds. The summed E-state index contributed by atoms with van der Waals surface area (Å²) in [4.78, 5) is 2.36. The zero-order valence-corrected chi connectivity index (χ0v) is 13.1. The highest BCUT2D eigenvalue weighted by molar-refractivity contribution is 5.47. The van der Waals surface area contributed by atoms with Crippen molar-refractivity contribution in [1.29, 1.82) is 0 Å². The van der Waals surface area contributed by atoms with E-state index < -0.39 is 0 Å². The van der Waals surface area contributed by atoms with Crippen LogP contribution in [0.3, 0.4) is 0 Å². The van der Waals surface area contributed by atoms with Crippen molar-refractivity contribution in [3.63, 3.8) is 0 Å². The molecule has 0 aliphatic heterocycles. The van der Waals surface area contributed by atoms with Gasteiger partial charge >= 0.3 is 0 Å². The Morgan fingerprint density at radius 3 is 2.20 bits per heavy atom. The molecular formula is C17H30N2O. The van der Waals surface area contributed by atoms with Crippen LogP contribution in [0, 0.1) is 0 Å². The van der Waals surface area contributed by atoms with Crippen LogP contribution in [0.2, 0.25) is 0 Å². The molecule has 1 aromatic carbocycles. The third-order valence-corrected chi connectivity index (χ3v) is 3.66. The van der Waals surface area contributed by atoms with Crippen LogP contribution in [0.25, 0.3) is 0 Å². The average molecular weight is 278 g/mol. The minimum absolute atomic E-state index is 0.326. The van der Waals surface area contributed by atoms with Gasteiger partial charge in [0, 0.05) is 31.9 Å². The lowest BCUT2D eigenvalue weighted by atomic mass is 10.1. The maximum absolute atomic E-state index is 8.70. The second-order valence-corrected chi connectivity index (χ2v) is 5.15. The molecule has 0 unspecified atom stereocenters. The Kier molecular flexibility index (Phi) is 9.09. The molecule has 0 spiro atoms. The van der Waals surface area contributed by atoms with Crippen LogP contribution >= 0.6 is 0 Å². The fourth-order valence-corrected chi connectivity index (χ4v) is 2.36. The highest BCUT2D eigenvalue weighted by Crippen LogP contribution is 2.14. The number of nitrogens with zero attached hydrogens (tertiary/aromatic N) is 1. The predicted molar refractivity (Wildman–Crippen MR) is 87.3 cm³/mol. The fourth-order valence-electron chi connectivity index (χ4n) is 2.36.